The summed E-state index contributed by atoms with van der Waals surface area (Å²) in [5.41, 5.74) is 1.28. The van der Waals surface area contributed by atoms with Crippen LogP contribution in [0.5, 0.6) is 5.75 Å². The molecule has 1 amide bonds. The number of allylic oxidation sites excluding steroid dienone is 4. The first-order valence-corrected chi connectivity index (χ1v) is 17.8. The van der Waals surface area contributed by atoms with Gasteiger partial charge in [-0.15, -0.1) is 0 Å². The van der Waals surface area contributed by atoms with Gasteiger partial charge < -0.3 is 14.7 Å². The van der Waals surface area contributed by atoms with Crippen LogP contribution in [0.25, 0.3) is 0 Å². The molecule has 2 unspecified atom stereocenters. The molecular weight excluding hydrogens is 617 g/mol. The second-order valence-electron chi connectivity index (χ2n) is 12.6. The van der Waals surface area contributed by atoms with Crippen LogP contribution >= 0.6 is 11.6 Å². The number of nitrogens with zero attached hydrogens (tertiary/aromatic N) is 3. The molecule has 1 aromatic carbocycles. The Hall–Kier alpha value is -2.68. The Labute approximate surface area is 288 Å². The average Bonchev–Trinajstić information content (AvgIpc) is 3.91. The fraction of sp³-hybridized carbons (Fsp3) is 0.632. The molecule has 0 radical (unpaired) electrons. The van der Waals surface area contributed by atoms with Crippen molar-refractivity contribution in [3.8, 4) is 5.75 Å². The number of methoxy groups -OCH3 is 1. The minimum atomic E-state index is -0.682. The second-order valence-corrected chi connectivity index (χ2v) is 13.1. The summed E-state index contributed by atoms with van der Waals surface area (Å²) in [6.07, 6.45) is 13.3. The Morgan fingerprint density at radius 1 is 0.957 bits per heavy atom. The maximum atomic E-state index is 13.5. The van der Waals surface area contributed by atoms with E-state index in [1.807, 2.05) is 50.3 Å². The van der Waals surface area contributed by atoms with Crippen LogP contribution < -0.4 is 4.74 Å². The fourth-order valence-electron chi connectivity index (χ4n) is 7.18. The van der Waals surface area contributed by atoms with E-state index in [-0.39, 0.29) is 17.8 Å². The van der Waals surface area contributed by atoms with Crippen molar-refractivity contribution in [1.29, 1.82) is 0 Å². The number of para-hydroxylation sites is 1. The van der Waals surface area contributed by atoms with Crippen LogP contribution in [0.1, 0.15) is 65.7 Å². The molecule has 3 atom stereocenters. The number of piperidine rings is 1. The summed E-state index contributed by atoms with van der Waals surface area (Å²) in [4.78, 5) is 31.9. The van der Waals surface area contributed by atoms with Gasteiger partial charge in [0.05, 0.1) is 26.1 Å². The number of likely N-dealkylation sites (tertiary alicyclic amines) is 3. The van der Waals surface area contributed by atoms with Gasteiger partial charge in [-0.25, -0.2) is 0 Å². The van der Waals surface area contributed by atoms with E-state index >= 15 is 0 Å². The highest BCUT2D eigenvalue weighted by molar-refractivity contribution is 6.31. The summed E-state index contributed by atoms with van der Waals surface area (Å²) < 4.78 is 14.4. The molecule has 3 saturated heterocycles. The van der Waals surface area contributed by atoms with Gasteiger partial charge >= 0.3 is 5.97 Å². The molecule has 1 aliphatic carbocycles. The van der Waals surface area contributed by atoms with Gasteiger partial charge in [0.2, 0.25) is 5.91 Å². The van der Waals surface area contributed by atoms with Gasteiger partial charge in [-0.05, 0) is 75.9 Å². The minimum Gasteiger partial charge on any atom is -0.497 e. The number of hydrogen-bond donors (Lipinski definition) is 1. The molecule has 3 heterocycles. The number of rotatable bonds is 9. The van der Waals surface area contributed by atoms with Crippen molar-refractivity contribution in [3.05, 3.63) is 65.7 Å². The van der Waals surface area contributed by atoms with Crippen molar-refractivity contribution >= 4 is 23.5 Å². The van der Waals surface area contributed by atoms with Gasteiger partial charge in [0.1, 0.15) is 5.75 Å². The predicted molar refractivity (Wildman–Crippen MR) is 192 cm³/mol. The fourth-order valence-corrected chi connectivity index (χ4v) is 7.24. The van der Waals surface area contributed by atoms with E-state index in [1.165, 1.54) is 31.3 Å². The third kappa shape index (κ3) is 12.7. The van der Waals surface area contributed by atoms with E-state index in [4.69, 9.17) is 16.3 Å². The normalized spacial score (nSPS) is 24.3. The van der Waals surface area contributed by atoms with Crippen molar-refractivity contribution in [3.63, 3.8) is 0 Å². The first-order valence-electron chi connectivity index (χ1n) is 17.4. The molecule has 9 heteroatoms. The molecule has 3 aliphatic heterocycles. The molecule has 0 bridgehead atoms. The summed E-state index contributed by atoms with van der Waals surface area (Å²) in [5, 5.41) is 9.93. The summed E-state index contributed by atoms with van der Waals surface area (Å²) >= 11 is 6.23. The highest BCUT2D eigenvalue weighted by atomic mass is 35.5. The molecular formula is C38H59ClFN3O4. The van der Waals surface area contributed by atoms with E-state index in [0.29, 0.717) is 42.9 Å². The summed E-state index contributed by atoms with van der Waals surface area (Å²) in [5.74, 6) is 1.13. The molecule has 264 valence electrons. The van der Waals surface area contributed by atoms with E-state index in [9.17, 15) is 19.1 Å². The molecule has 47 heavy (non-hydrogen) atoms. The van der Waals surface area contributed by atoms with Gasteiger partial charge in [-0.2, -0.15) is 0 Å². The monoisotopic (exact) mass is 675 g/mol. The number of benzene rings is 1. The zero-order chi connectivity index (χ0) is 34.8. The predicted octanol–water partition coefficient (Wildman–Crippen LogP) is 7.68. The second kappa shape index (κ2) is 22.0. The summed E-state index contributed by atoms with van der Waals surface area (Å²) in [7, 11) is 2.16. The molecule has 4 fully saturated rings. The number of halogens is 2. The van der Waals surface area contributed by atoms with Crippen LogP contribution in [0.3, 0.4) is 0 Å². The lowest BCUT2D eigenvalue weighted by Gasteiger charge is -2.32. The Kier molecular flexibility index (Phi) is 19.0. The van der Waals surface area contributed by atoms with E-state index in [1.54, 1.807) is 13.2 Å². The highest BCUT2D eigenvalue weighted by Crippen LogP contribution is 2.34. The lowest BCUT2D eigenvalue weighted by molar-refractivity contribution is -0.143. The lowest BCUT2D eigenvalue weighted by atomic mass is 9.88. The molecule has 4 aliphatic rings. The molecule has 1 saturated carbocycles. The van der Waals surface area contributed by atoms with Crippen molar-refractivity contribution in [2.75, 3.05) is 60.1 Å². The highest BCUT2D eigenvalue weighted by Gasteiger charge is 2.40. The van der Waals surface area contributed by atoms with E-state index in [0.717, 1.165) is 58.0 Å². The van der Waals surface area contributed by atoms with Gasteiger partial charge in [0.15, 0.2) is 0 Å². The minimum absolute atomic E-state index is 0.138. The number of carboxylic acid groups (broad SMARTS) is 1. The molecule has 5 rings (SSSR count). The molecule has 0 aromatic heterocycles. The molecule has 1 N–H and O–H groups in total. The number of hydrogen-bond acceptors (Lipinski definition) is 5. The topological polar surface area (TPSA) is 73.3 Å². The largest absolute Gasteiger partial charge is 0.497 e. The Morgan fingerprint density at radius 2 is 1.57 bits per heavy atom. The van der Waals surface area contributed by atoms with Gasteiger partial charge in [-0.3, -0.25) is 23.8 Å². The standard InChI is InChI=1S/C28H42ClN3O3.C7H8O.C2H6.CH3F/c1-3-24(29)9-8-22(17-30-13-10-21(11-14-30)28(34)35)26-19-32(16-20(26)2)27(33)23-12-15-31(18-23)25-6-4-5-7-25;1-8-7-5-3-2-4-6-7;2*1-2/h3,8-9,20-21,23,25-26H,1,4-7,10-19H2,2H3,(H,34,35);2-6H,1H3;1-2H3;1H3/b22-8+,24-9+;;;/t20-,23?,26?;;;/m0.../s1. The number of carboxylic acids is 1. The first-order chi connectivity index (χ1) is 22.8. The number of carbonyl (C=O) groups is 2. The zero-order valence-corrected chi connectivity index (χ0v) is 30.1. The smallest absolute Gasteiger partial charge is 0.306 e. The number of amides is 1. The molecule has 1 aromatic rings. The number of carbonyl (C=O) groups excluding carboxylic acids is 1. The molecule has 7 nitrogen and oxygen atoms in total. The SMILES string of the molecule is C=C/C(Cl)=C\C=C(/CN1CCC(C(=O)O)CC1)C1CN(C(=O)C2CCN(C3CCCC3)C2)C[C@@H]1C.CC.CF.COc1ccccc1. The number of ether oxygens (including phenoxy) is 1. The van der Waals surface area contributed by atoms with Gasteiger partial charge in [0.25, 0.3) is 0 Å². The lowest BCUT2D eigenvalue weighted by Crippen LogP contribution is -2.39. The van der Waals surface area contributed by atoms with Crippen LogP contribution in [0, 0.1) is 23.7 Å². The Morgan fingerprint density at radius 3 is 2.13 bits per heavy atom. The summed E-state index contributed by atoms with van der Waals surface area (Å²) in [6, 6.07) is 10.4. The van der Waals surface area contributed by atoms with E-state index in [2.05, 4.69) is 34.3 Å². The van der Waals surface area contributed by atoms with Crippen LogP contribution in [0.15, 0.2) is 65.7 Å². The zero-order valence-electron chi connectivity index (χ0n) is 29.4. The summed E-state index contributed by atoms with van der Waals surface area (Å²) in [6.45, 7) is 15.9. The number of aliphatic carboxylic acids is 1. The van der Waals surface area contributed by atoms with E-state index < -0.39 is 5.97 Å². The van der Waals surface area contributed by atoms with Crippen molar-refractivity contribution in [2.45, 2.75) is 71.8 Å². The maximum Gasteiger partial charge on any atom is 0.306 e. The Bertz CT molecular complexity index is 1130. The first kappa shape index (κ1) is 40.5. The molecule has 0 spiro atoms. The van der Waals surface area contributed by atoms with Gasteiger partial charge in [-0.1, -0.05) is 87.7 Å². The van der Waals surface area contributed by atoms with Crippen molar-refractivity contribution in [2.24, 2.45) is 23.7 Å². The van der Waals surface area contributed by atoms with Gasteiger partial charge in [0, 0.05) is 43.2 Å². The number of alkyl halides is 1. The van der Waals surface area contributed by atoms with Crippen molar-refractivity contribution < 1.29 is 23.8 Å². The van der Waals surface area contributed by atoms with Crippen LogP contribution in [0.2, 0.25) is 0 Å². The third-order valence-electron chi connectivity index (χ3n) is 9.78. The maximum absolute atomic E-state index is 13.5. The third-order valence-corrected chi connectivity index (χ3v) is 10.1. The van der Waals surface area contributed by atoms with Crippen molar-refractivity contribution in [1.82, 2.24) is 14.7 Å². The Balaban J connectivity index is 0.000000547. The van der Waals surface area contributed by atoms with Crippen LogP contribution in [0.4, 0.5) is 4.39 Å². The van der Waals surface area contributed by atoms with Crippen LogP contribution in [-0.2, 0) is 9.59 Å². The van der Waals surface area contributed by atoms with Crippen LogP contribution in [-0.4, -0.2) is 97.8 Å². The average molecular weight is 676 g/mol. The quantitative estimate of drug-likeness (QED) is 0.271.